The van der Waals surface area contributed by atoms with E-state index in [2.05, 4.69) is 5.32 Å². The second-order valence-electron chi connectivity index (χ2n) is 7.71. The van der Waals surface area contributed by atoms with E-state index in [9.17, 15) is 19.8 Å². The first-order chi connectivity index (χ1) is 13.0. The molecular weight excluding hydrogens is 366 g/mol. The summed E-state index contributed by atoms with van der Waals surface area (Å²) in [5.41, 5.74) is -0.491. The van der Waals surface area contributed by atoms with Gasteiger partial charge in [0.25, 0.3) is 0 Å². The first-order valence-electron chi connectivity index (χ1n) is 9.07. The molecule has 2 aromatic rings. The van der Waals surface area contributed by atoms with Gasteiger partial charge in [0.05, 0.1) is 11.7 Å². The van der Waals surface area contributed by atoms with Gasteiger partial charge in [-0.15, -0.1) is 0 Å². The van der Waals surface area contributed by atoms with Gasteiger partial charge in [0.2, 0.25) is 12.2 Å². The van der Waals surface area contributed by atoms with Crippen molar-refractivity contribution in [3.05, 3.63) is 34.2 Å². The highest BCUT2D eigenvalue weighted by Crippen LogP contribution is 2.36. The topological polar surface area (TPSA) is 118 Å². The van der Waals surface area contributed by atoms with E-state index >= 15 is 0 Å². The van der Waals surface area contributed by atoms with Gasteiger partial charge in [0.1, 0.15) is 23.1 Å². The molecule has 0 bridgehead atoms. The van der Waals surface area contributed by atoms with Gasteiger partial charge >= 0.3 is 5.63 Å². The second kappa shape index (κ2) is 7.20. The van der Waals surface area contributed by atoms with Gasteiger partial charge in [-0.1, -0.05) is 6.92 Å². The van der Waals surface area contributed by atoms with Crippen molar-refractivity contribution in [1.82, 2.24) is 0 Å². The number of aryl methyl sites for hydroxylation is 1. The van der Waals surface area contributed by atoms with Gasteiger partial charge in [0, 0.05) is 23.8 Å². The van der Waals surface area contributed by atoms with E-state index in [1.54, 1.807) is 26.0 Å². The van der Waals surface area contributed by atoms with Crippen LogP contribution in [0, 0.1) is 12.8 Å². The molecule has 1 aromatic heterocycles. The average molecular weight is 391 g/mol. The Labute approximate surface area is 162 Å². The Morgan fingerprint density at radius 1 is 1.25 bits per heavy atom. The summed E-state index contributed by atoms with van der Waals surface area (Å²) in [5, 5.41) is 23.7. The molecule has 8 heteroatoms. The maximum absolute atomic E-state index is 12.1. The van der Waals surface area contributed by atoms with E-state index in [4.69, 9.17) is 13.9 Å². The number of benzene rings is 1. The fourth-order valence-electron chi connectivity index (χ4n) is 3.27. The molecule has 0 radical (unpaired) electrons. The van der Waals surface area contributed by atoms with Crippen LogP contribution in [0.25, 0.3) is 11.0 Å². The Kier molecular flexibility index (Phi) is 5.22. The number of carbonyl (C=O) groups is 1. The summed E-state index contributed by atoms with van der Waals surface area (Å²) in [5.74, 6) is -0.308. The molecule has 0 aliphatic carbocycles. The molecule has 1 aliphatic heterocycles. The van der Waals surface area contributed by atoms with Crippen molar-refractivity contribution in [2.24, 2.45) is 5.92 Å². The third-order valence-electron chi connectivity index (χ3n) is 5.31. The molecule has 152 valence electrons. The number of nitrogens with one attached hydrogen (secondary N) is 1. The minimum Gasteiger partial charge on any atom is -0.462 e. The van der Waals surface area contributed by atoms with Crippen LogP contribution in [0.3, 0.4) is 0 Å². The smallest absolute Gasteiger partial charge is 0.360 e. The number of anilines is 1. The van der Waals surface area contributed by atoms with E-state index in [1.807, 2.05) is 13.8 Å². The van der Waals surface area contributed by atoms with Crippen LogP contribution in [0.1, 0.15) is 33.3 Å². The summed E-state index contributed by atoms with van der Waals surface area (Å²) in [6, 6.07) is 4.86. The molecule has 1 saturated heterocycles. The fraction of sp³-hybridized carbons (Fsp3) is 0.500. The van der Waals surface area contributed by atoms with Gasteiger partial charge in [-0.25, -0.2) is 4.79 Å². The number of hydrogen-bond donors (Lipinski definition) is 3. The van der Waals surface area contributed by atoms with E-state index in [1.165, 1.54) is 13.0 Å². The number of aliphatic hydroxyl groups is 2. The molecule has 8 nitrogen and oxygen atoms in total. The summed E-state index contributed by atoms with van der Waals surface area (Å²) >= 11 is 0. The normalized spacial score (nSPS) is 26.8. The zero-order valence-corrected chi connectivity index (χ0v) is 16.5. The summed E-state index contributed by atoms with van der Waals surface area (Å²) in [6.07, 6.45) is -3.32. The monoisotopic (exact) mass is 391 g/mol. The molecular formula is C20H25NO7. The van der Waals surface area contributed by atoms with Gasteiger partial charge in [-0.2, -0.15) is 0 Å². The highest BCUT2D eigenvalue weighted by atomic mass is 16.7. The third kappa shape index (κ3) is 3.63. The molecule has 0 saturated carbocycles. The minimum atomic E-state index is -1.23. The van der Waals surface area contributed by atoms with Crippen LogP contribution in [0.2, 0.25) is 0 Å². The van der Waals surface area contributed by atoms with E-state index in [0.717, 1.165) is 0 Å². The first kappa shape index (κ1) is 20.3. The van der Waals surface area contributed by atoms with Crippen LogP contribution in [0.5, 0.6) is 5.75 Å². The third-order valence-corrected chi connectivity index (χ3v) is 5.31. The number of aliphatic hydroxyl groups excluding tert-OH is 2. The SMILES string of the molecule is CC(=O)Nc1cc2ccc(OC3OC(C)(C)[C@H](C)[C@H](O)[C@@H]3O)c(C)c2oc1=O. The Bertz CT molecular complexity index is 965. The van der Waals surface area contributed by atoms with Gasteiger partial charge in [0.15, 0.2) is 0 Å². The molecule has 3 rings (SSSR count). The largest absolute Gasteiger partial charge is 0.462 e. The Hall–Kier alpha value is -2.42. The Morgan fingerprint density at radius 3 is 2.57 bits per heavy atom. The van der Waals surface area contributed by atoms with Crippen LogP contribution in [0.15, 0.2) is 27.4 Å². The van der Waals surface area contributed by atoms with E-state index in [-0.39, 0.29) is 17.5 Å². The van der Waals surface area contributed by atoms with Gasteiger partial charge in [-0.05, 0) is 39.0 Å². The summed E-state index contributed by atoms with van der Waals surface area (Å²) in [7, 11) is 0. The van der Waals surface area contributed by atoms with E-state index < -0.39 is 29.7 Å². The average Bonchev–Trinajstić information content (AvgIpc) is 2.61. The van der Waals surface area contributed by atoms with Crippen molar-refractivity contribution in [3.63, 3.8) is 0 Å². The molecule has 0 spiro atoms. The lowest BCUT2D eigenvalue weighted by Crippen LogP contribution is -2.59. The number of fused-ring (bicyclic) bond motifs is 1. The highest BCUT2D eigenvalue weighted by molar-refractivity contribution is 5.91. The van der Waals surface area contributed by atoms with Gasteiger partial charge in [-0.3, -0.25) is 4.79 Å². The van der Waals surface area contributed by atoms with Crippen LogP contribution in [-0.4, -0.2) is 40.2 Å². The molecule has 28 heavy (non-hydrogen) atoms. The van der Waals surface area contributed by atoms with Crippen molar-refractivity contribution in [1.29, 1.82) is 0 Å². The predicted octanol–water partition coefficient (Wildman–Crippen LogP) is 1.93. The maximum Gasteiger partial charge on any atom is 0.360 e. The van der Waals surface area contributed by atoms with Crippen molar-refractivity contribution in [2.75, 3.05) is 5.32 Å². The number of ether oxygens (including phenoxy) is 2. The molecule has 3 N–H and O–H groups in total. The molecule has 1 unspecified atom stereocenters. The molecule has 1 aromatic carbocycles. The van der Waals surface area contributed by atoms with Crippen LogP contribution >= 0.6 is 0 Å². The quantitative estimate of drug-likeness (QED) is 0.684. The lowest BCUT2D eigenvalue weighted by Gasteiger charge is -2.46. The predicted molar refractivity (Wildman–Crippen MR) is 102 cm³/mol. The molecule has 2 heterocycles. The molecule has 4 atom stereocenters. The standard InChI is InChI=1S/C20H25NO7/c1-9-14(26-19-16(24)15(23)10(2)20(4,5)28-19)7-6-12-8-13(21-11(3)22)18(25)27-17(9)12/h6-8,10,15-16,19,23-24H,1-5H3,(H,21,22)/t10-,15+,16+,19?/m1/s1. The van der Waals surface area contributed by atoms with Crippen molar-refractivity contribution in [3.8, 4) is 5.75 Å². The van der Waals surface area contributed by atoms with Crippen LogP contribution < -0.4 is 15.7 Å². The Balaban J connectivity index is 1.95. The van der Waals surface area contributed by atoms with Crippen LogP contribution in [0.4, 0.5) is 5.69 Å². The molecule has 1 fully saturated rings. The maximum atomic E-state index is 12.1. The lowest BCUT2D eigenvalue weighted by atomic mass is 9.82. The first-order valence-corrected chi connectivity index (χ1v) is 9.07. The Morgan fingerprint density at radius 2 is 1.93 bits per heavy atom. The molecule has 1 aliphatic rings. The van der Waals surface area contributed by atoms with Crippen molar-refractivity contribution in [2.45, 2.75) is 58.7 Å². The van der Waals surface area contributed by atoms with Gasteiger partial charge < -0.3 is 29.4 Å². The number of rotatable bonds is 3. The number of hydrogen-bond acceptors (Lipinski definition) is 7. The van der Waals surface area contributed by atoms with Crippen molar-refractivity contribution >= 4 is 22.6 Å². The van der Waals surface area contributed by atoms with E-state index in [0.29, 0.717) is 22.3 Å². The number of amides is 1. The van der Waals surface area contributed by atoms with Crippen molar-refractivity contribution < 1.29 is 28.9 Å². The summed E-state index contributed by atoms with van der Waals surface area (Å²) in [6.45, 7) is 8.45. The zero-order valence-electron chi connectivity index (χ0n) is 16.5. The zero-order chi connectivity index (χ0) is 20.8. The highest BCUT2D eigenvalue weighted by Gasteiger charge is 2.47. The minimum absolute atomic E-state index is 0.0537. The number of carbonyl (C=O) groups excluding carboxylic acids is 1. The van der Waals surface area contributed by atoms with Crippen LogP contribution in [-0.2, 0) is 9.53 Å². The summed E-state index contributed by atoms with van der Waals surface area (Å²) in [4.78, 5) is 23.3. The second-order valence-corrected chi connectivity index (χ2v) is 7.71. The molecule has 1 amide bonds. The summed E-state index contributed by atoms with van der Waals surface area (Å²) < 4.78 is 17.0. The fourth-order valence-corrected chi connectivity index (χ4v) is 3.27. The lowest BCUT2D eigenvalue weighted by molar-refractivity contribution is -0.285.